The highest BCUT2D eigenvalue weighted by Crippen LogP contribution is 2.30. The van der Waals surface area contributed by atoms with Gasteiger partial charge in [0.1, 0.15) is 11.6 Å². The number of amides is 1. The number of aromatic nitrogens is 1. The van der Waals surface area contributed by atoms with E-state index in [4.69, 9.17) is 11.6 Å². The molecule has 2 aromatic rings. The van der Waals surface area contributed by atoms with E-state index in [0.717, 1.165) is 10.1 Å². The molecule has 1 amide bonds. The van der Waals surface area contributed by atoms with Crippen molar-refractivity contribution in [3.8, 4) is 0 Å². The zero-order valence-electron chi connectivity index (χ0n) is 15.1. The predicted molar refractivity (Wildman–Crippen MR) is 99.1 cm³/mol. The SMILES string of the molecule is CN1CCN(C(=O)Cn2cc(C(F)(F)F)cc(Cl)c2=O)[C@@H](c2ccccc2)C1. The van der Waals surface area contributed by atoms with Gasteiger partial charge in [0.2, 0.25) is 5.91 Å². The van der Waals surface area contributed by atoms with Crippen LogP contribution in [-0.2, 0) is 17.5 Å². The van der Waals surface area contributed by atoms with Crippen LogP contribution >= 0.6 is 11.6 Å². The first-order chi connectivity index (χ1) is 13.2. The Morgan fingerprint density at radius 3 is 2.54 bits per heavy atom. The third-order valence-electron chi connectivity index (χ3n) is 4.76. The molecule has 3 rings (SSSR count). The smallest absolute Gasteiger partial charge is 0.332 e. The fourth-order valence-electron chi connectivity index (χ4n) is 3.29. The third-order valence-corrected chi connectivity index (χ3v) is 5.03. The highest BCUT2D eigenvalue weighted by molar-refractivity contribution is 6.30. The molecule has 1 aliphatic rings. The number of halogens is 4. The minimum atomic E-state index is -4.66. The Kier molecular flexibility index (Phi) is 5.81. The number of pyridine rings is 1. The zero-order chi connectivity index (χ0) is 20.5. The van der Waals surface area contributed by atoms with Gasteiger partial charge in [-0.25, -0.2) is 0 Å². The van der Waals surface area contributed by atoms with Gasteiger partial charge in [0, 0.05) is 25.8 Å². The Morgan fingerprint density at radius 1 is 1.21 bits per heavy atom. The van der Waals surface area contributed by atoms with Crippen molar-refractivity contribution in [3.05, 3.63) is 69.1 Å². The largest absolute Gasteiger partial charge is 0.417 e. The molecule has 0 N–H and O–H groups in total. The summed E-state index contributed by atoms with van der Waals surface area (Å²) in [7, 11) is 1.94. The van der Waals surface area contributed by atoms with E-state index in [2.05, 4.69) is 4.90 Å². The number of alkyl halides is 3. The molecule has 1 aromatic heterocycles. The van der Waals surface area contributed by atoms with E-state index < -0.39 is 34.8 Å². The summed E-state index contributed by atoms with van der Waals surface area (Å²) in [6.07, 6.45) is -4.03. The molecular formula is C19H19ClF3N3O2. The molecule has 1 fully saturated rings. The van der Waals surface area contributed by atoms with E-state index in [1.165, 1.54) is 0 Å². The molecule has 1 atom stereocenters. The summed E-state index contributed by atoms with van der Waals surface area (Å²) in [5.41, 5.74) is -0.965. The molecule has 28 heavy (non-hydrogen) atoms. The van der Waals surface area contributed by atoms with Crippen LogP contribution in [0, 0.1) is 0 Å². The van der Waals surface area contributed by atoms with E-state index in [-0.39, 0.29) is 6.04 Å². The van der Waals surface area contributed by atoms with Crippen LogP contribution in [0.15, 0.2) is 47.4 Å². The van der Waals surface area contributed by atoms with Crippen molar-refractivity contribution < 1.29 is 18.0 Å². The molecule has 0 spiro atoms. The quantitative estimate of drug-likeness (QED) is 0.777. The summed E-state index contributed by atoms with van der Waals surface area (Å²) in [6.45, 7) is 1.13. The van der Waals surface area contributed by atoms with Crippen molar-refractivity contribution in [2.75, 3.05) is 26.7 Å². The average molecular weight is 414 g/mol. The number of hydrogen-bond donors (Lipinski definition) is 0. The van der Waals surface area contributed by atoms with Gasteiger partial charge in [-0.3, -0.25) is 9.59 Å². The standard InChI is InChI=1S/C19H19ClF3N3O2/c1-24-7-8-26(16(11-24)13-5-3-2-4-6-13)17(27)12-25-10-14(19(21,22)23)9-15(20)18(25)28/h2-6,9-10,16H,7-8,11-12H2,1H3/t16-/m1/s1. The maximum Gasteiger partial charge on any atom is 0.417 e. The van der Waals surface area contributed by atoms with E-state index in [1.807, 2.05) is 37.4 Å². The van der Waals surface area contributed by atoms with Gasteiger partial charge in [0.25, 0.3) is 5.56 Å². The summed E-state index contributed by atoms with van der Waals surface area (Å²) < 4.78 is 39.8. The molecule has 0 saturated carbocycles. The molecule has 0 unspecified atom stereocenters. The number of rotatable bonds is 3. The maximum atomic E-state index is 13.0. The van der Waals surface area contributed by atoms with Gasteiger partial charge < -0.3 is 14.4 Å². The van der Waals surface area contributed by atoms with Crippen LogP contribution in [-0.4, -0.2) is 47.0 Å². The highest BCUT2D eigenvalue weighted by atomic mass is 35.5. The summed E-state index contributed by atoms with van der Waals surface area (Å²) in [4.78, 5) is 28.7. The monoisotopic (exact) mass is 413 g/mol. The lowest BCUT2D eigenvalue weighted by atomic mass is 10.0. The van der Waals surface area contributed by atoms with Crippen LogP contribution in [0.1, 0.15) is 17.2 Å². The average Bonchev–Trinajstić information content (AvgIpc) is 2.65. The summed E-state index contributed by atoms with van der Waals surface area (Å²) in [6, 6.07) is 9.73. The molecule has 150 valence electrons. The first-order valence-corrected chi connectivity index (χ1v) is 9.05. The van der Waals surface area contributed by atoms with Crippen LogP contribution in [0.3, 0.4) is 0 Å². The topological polar surface area (TPSA) is 45.5 Å². The normalized spacial score (nSPS) is 18.3. The Morgan fingerprint density at radius 2 is 1.89 bits per heavy atom. The van der Waals surface area contributed by atoms with Gasteiger partial charge in [-0.05, 0) is 18.7 Å². The van der Waals surface area contributed by atoms with E-state index >= 15 is 0 Å². The van der Waals surface area contributed by atoms with Crippen LogP contribution in [0.5, 0.6) is 0 Å². The summed E-state index contributed by atoms with van der Waals surface area (Å²) in [5, 5.41) is -0.569. The number of carbonyl (C=O) groups excluding carboxylic acids is 1. The van der Waals surface area contributed by atoms with E-state index in [1.54, 1.807) is 4.90 Å². The Labute approximate surface area is 164 Å². The number of benzene rings is 1. The first kappa shape index (κ1) is 20.4. The molecule has 0 bridgehead atoms. The minimum Gasteiger partial charge on any atom is -0.332 e. The van der Waals surface area contributed by atoms with Gasteiger partial charge in [0.15, 0.2) is 0 Å². The van der Waals surface area contributed by atoms with Crippen molar-refractivity contribution in [3.63, 3.8) is 0 Å². The Balaban J connectivity index is 1.89. The second-order valence-corrected chi connectivity index (χ2v) is 7.19. The molecule has 2 heterocycles. The molecule has 0 aliphatic carbocycles. The zero-order valence-corrected chi connectivity index (χ0v) is 15.9. The summed E-state index contributed by atoms with van der Waals surface area (Å²) >= 11 is 5.67. The van der Waals surface area contributed by atoms with Crippen molar-refractivity contribution >= 4 is 17.5 Å². The molecular weight excluding hydrogens is 395 g/mol. The number of hydrogen-bond acceptors (Lipinski definition) is 3. The lowest BCUT2D eigenvalue weighted by Gasteiger charge is -2.40. The second kappa shape index (κ2) is 7.97. The van der Waals surface area contributed by atoms with Gasteiger partial charge >= 0.3 is 6.18 Å². The maximum absolute atomic E-state index is 13.0. The number of carbonyl (C=O) groups is 1. The van der Waals surface area contributed by atoms with Gasteiger partial charge in [0.05, 0.1) is 11.6 Å². The van der Waals surface area contributed by atoms with Crippen molar-refractivity contribution in [2.24, 2.45) is 0 Å². The molecule has 1 aromatic carbocycles. The van der Waals surface area contributed by atoms with E-state index in [9.17, 15) is 22.8 Å². The third kappa shape index (κ3) is 4.39. The number of nitrogens with zero attached hydrogens (tertiary/aromatic N) is 3. The van der Waals surface area contributed by atoms with Crippen molar-refractivity contribution in [2.45, 2.75) is 18.8 Å². The molecule has 5 nitrogen and oxygen atoms in total. The van der Waals surface area contributed by atoms with Crippen molar-refractivity contribution in [1.29, 1.82) is 0 Å². The van der Waals surface area contributed by atoms with Crippen LogP contribution < -0.4 is 5.56 Å². The number of likely N-dealkylation sites (N-methyl/N-ethyl adjacent to an activating group) is 1. The lowest BCUT2D eigenvalue weighted by molar-refractivity contribution is -0.140. The molecule has 1 aliphatic heterocycles. The highest BCUT2D eigenvalue weighted by Gasteiger charge is 2.33. The fourth-order valence-corrected chi connectivity index (χ4v) is 3.51. The van der Waals surface area contributed by atoms with Crippen LogP contribution in [0.25, 0.3) is 0 Å². The minimum absolute atomic E-state index is 0.246. The Hall–Kier alpha value is -2.32. The predicted octanol–water partition coefficient (Wildman–Crippen LogP) is 3.04. The van der Waals surface area contributed by atoms with Gasteiger partial charge in [-0.2, -0.15) is 13.2 Å². The fraction of sp³-hybridized carbons (Fsp3) is 0.368. The van der Waals surface area contributed by atoms with Gasteiger partial charge in [-0.1, -0.05) is 41.9 Å². The molecule has 0 radical (unpaired) electrons. The van der Waals surface area contributed by atoms with Crippen molar-refractivity contribution in [1.82, 2.24) is 14.4 Å². The Bertz CT molecular complexity index is 915. The van der Waals surface area contributed by atoms with Crippen LogP contribution in [0.2, 0.25) is 5.02 Å². The number of piperazine rings is 1. The summed E-state index contributed by atoms with van der Waals surface area (Å²) in [5.74, 6) is -0.431. The molecule has 1 saturated heterocycles. The van der Waals surface area contributed by atoms with Crippen LogP contribution in [0.4, 0.5) is 13.2 Å². The lowest BCUT2D eigenvalue weighted by Crippen LogP contribution is -2.50. The molecule has 9 heteroatoms. The first-order valence-electron chi connectivity index (χ1n) is 8.67. The second-order valence-electron chi connectivity index (χ2n) is 6.78. The van der Waals surface area contributed by atoms with Gasteiger partial charge in [-0.15, -0.1) is 0 Å². The van der Waals surface area contributed by atoms with E-state index in [0.29, 0.717) is 31.9 Å².